The van der Waals surface area contributed by atoms with Crippen LogP contribution in [-0.2, 0) is 33.9 Å². The van der Waals surface area contributed by atoms with E-state index in [1.807, 2.05) is 64.9 Å². The number of hydrogen-bond acceptors (Lipinski definition) is 8. The van der Waals surface area contributed by atoms with Crippen molar-refractivity contribution in [3.63, 3.8) is 0 Å². The lowest BCUT2D eigenvalue weighted by Gasteiger charge is -2.55. The number of hydrogen-bond donors (Lipinski definition) is 2. The molecule has 5 aliphatic rings. The van der Waals surface area contributed by atoms with Crippen LogP contribution in [0.15, 0.2) is 48.5 Å². The molecule has 61 heavy (non-hydrogen) atoms. The van der Waals surface area contributed by atoms with Crippen molar-refractivity contribution in [2.75, 3.05) is 50.7 Å². The minimum absolute atomic E-state index is 0.00145. The van der Waals surface area contributed by atoms with Gasteiger partial charge >= 0.3 is 0 Å². The molecule has 1 aromatic heterocycles. The molecule has 5 aliphatic heterocycles. The van der Waals surface area contributed by atoms with Crippen LogP contribution in [0.4, 0.5) is 23.2 Å². The number of halogens is 4. The van der Waals surface area contributed by atoms with Crippen LogP contribution in [0.25, 0.3) is 10.9 Å². The summed E-state index contributed by atoms with van der Waals surface area (Å²) in [5.41, 5.74) is 5.03. The van der Waals surface area contributed by atoms with Crippen molar-refractivity contribution in [1.29, 1.82) is 0 Å². The molecule has 0 radical (unpaired) electrons. The van der Waals surface area contributed by atoms with Crippen LogP contribution in [0.1, 0.15) is 94.2 Å². The van der Waals surface area contributed by atoms with Crippen LogP contribution in [0.3, 0.4) is 0 Å². The number of aromatic nitrogens is 1. The molecule has 9 rings (SSSR count). The Morgan fingerprint density at radius 1 is 0.951 bits per heavy atom. The molecular weight excluding hydrogens is 795 g/mol. The molecule has 1 spiro atoms. The van der Waals surface area contributed by atoms with E-state index in [1.54, 1.807) is 5.32 Å². The fraction of sp³-hybridized carbons (Fsp3) is 0.444. The summed E-state index contributed by atoms with van der Waals surface area (Å²) in [6, 6.07) is 12.7. The standard InChI is InChI=1S/C43H46F4N6O3.C2H3NO2/c1-3-7-25(2)53-41(55)31-14-26-18-49(19-27(26)15-32(31)42(53)56)21-37(54)52-23-43(24-52)11-6-12-51(22-43)28-16-33(44)38(34(45)17-28)40-39-30(10-13-50(40)20-36(46)47)29-8-4-5-9-35(29)48-39;4-1-3-2-5/h4-5,8-9,14-17,25,36,40,48H,3,6-7,10-13,18-24H2,1-2H3;1-2H,(H,3,4,5)/t25?,40-;/m1./s1. The van der Waals surface area contributed by atoms with E-state index in [0.29, 0.717) is 81.0 Å². The quantitative estimate of drug-likeness (QED) is 0.111. The van der Waals surface area contributed by atoms with Crippen molar-refractivity contribution < 1.29 is 41.5 Å². The number of alkyl halides is 2. The molecule has 322 valence electrons. The molecule has 3 aromatic carbocycles. The van der Waals surface area contributed by atoms with Crippen LogP contribution in [0.5, 0.6) is 0 Å². The Hall–Kier alpha value is -5.61. The van der Waals surface area contributed by atoms with Crippen LogP contribution in [0, 0.1) is 17.0 Å². The van der Waals surface area contributed by atoms with E-state index in [4.69, 9.17) is 9.59 Å². The van der Waals surface area contributed by atoms with Gasteiger partial charge in [0.15, 0.2) is 0 Å². The normalized spacial score (nSPS) is 20.0. The first-order chi connectivity index (χ1) is 29.3. The zero-order valence-electron chi connectivity index (χ0n) is 34.2. The number of carbonyl (C=O) groups is 5. The van der Waals surface area contributed by atoms with Gasteiger partial charge in [-0.05, 0) is 79.6 Å². The van der Waals surface area contributed by atoms with Gasteiger partial charge in [0.25, 0.3) is 18.2 Å². The largest absolute Gasteiger partial charge is 0.371 e. The number of imide groups is 2. The fourth-order valence-corrected chi connectivity index (χ4v) is 10.2. The van der Waals surface area contributed by atoms with Crippen molar-refractivity contribution in [3.05, 3.63) is 99.2 Å². The highest BCUT2D eigenvalue weighted by Gasteiger charge is 2.48. The number of nitrogens with zero attached hydrogens (tertiary/aromatic N) is 5. The maximum absolute atomic E-state index is 16.3. The minimum atomic E-state index is -2.66. The first kappa shape index (κ1) is 42.1. The second kappa shape index (κ2) is 17.0. The maximum atomic E-state index is 16.3. The lowest BCUT2D eigenvalue weighted by Crippen LogP contribution is -2.65. The molecular formula is C45H49F4N7O5. The molecule has 2 saturated heterocycles. The number of benzene rings is 3. The number of rotatable bonds is 11. The Morgan fingerprint density at radius 3 is 2.21 bits per heavy atom. The van der Waals surface area contributed by atoms with Crippen molar-refractivity contribution in [2.45, 2.75) is 77.6 Å². The van der Waals surface area contributed by atoms with Crippen LogP contribution < -0.4 is 10.2 Å². The minimum Gasteiger partial charge on any atom is -0.371 e. The van der Waals surface area contributed by atoms with Crippen molar-refractivity contribution in [1.82, 2.24) is 29.9 Å². The number of para-hydroxylation sites is 1. The number of nitrogens with one attached hydrogen (secondary N) is 2. The predicted molar refractivity (Wildman–Crippen MR) is 219 cm³/mol. The molecule has 16 heteroatoms. The third-order valence-electron chi connectivity index (χ3n) is 12.9. The van der Waals surface area contributed by atoms with E-state index in [0.717, 1.165) is 53.3 Å². The van der Waals surface area contributed by atoms with Gasteiger partial charge in [-0.15, -0.1) is 0 Å². The van der Waals surface area contributed by atoms with Gasteiger partial charge in [-0.25, -0.2) is 17.6 Å². The summed E-state index contributed by atoms with van der Waals surface area (Å²) in [6.07, 6.45) is 1.77. The molecule has 1 unspecified atom stereocenters. The Balaban J connectivity index is 0.000000973. The van der Waals surface area contributed by atoms with Gasteiger partial charge in [0.05, 0.1) is 30.3 Å². The summed E-state index contributed by atoms with van der Waals surface area (Å²) in [5.74, 6) is -2.04. The average Bonchev–Trinajstić information content (AvgIpc) is 3.87. The molecule has 5 amide bonds. The fourth-order valence-electron chi connectivity index (χ4n) is 10.2. The third-order valence-corrected chi connectivity index (χ3v) is 12.9. The number of fused-ring (bicyclic) bond motifs is 5. The van der Waals surface area contributed by atoms with Gasteiger partial charge in [-0.1, -0.05) is 31.5 Å². The van der Waals surface area contributed by atoms with Gasteiger partial charge in [-0.3, -0.25) is 38.7 Å². The first-order valence-corrected chi connectivity index (χ1v) is 20.9. The molecule has 2 N–H and O–H groups in total. The Morgan fingerprint density at radius 2 is 1.61 bits per heavy atom. The van der Waals surface area contributed by atoms with E-state index in [-0.39, 0.29) is 47.8 Å². The predicted octanol–water partition coefficient (Wildman–Crippen LogP) is 5.78. The molecule has 2 atom stereocenters. The lowest BCUT2D eigenvalue weighted by molar-refractivity contribution is -0.145. The zero-order chi connectivity index (χ0) is 43.2. The van der Waals surface area contributed by atoms with Crippen molar-refractivity contribution in [3.8, 4) is 0 Å². The molecule has 0 bridgehead atoms. The van der Waals surface area contributed by atoms with E-state index in [9.17, 15) is 23.2 Å². The van der Waals surface area contributed by atoms with Crippen LogP contribution in [-0.4, -0.2) is 113 Å². The third kappa shape index (κ3) is 7.91. The highest BCUT2D eigenvalue weighted by molar-refractivity contribution is 6.21. The molecule has 0 aliphatic carbocycles. The number of H-pyrrole nitrogens is 1. The molecule has 2 fully saturated rings. The SMILES string of the molecule is CCCC(C)N1C(=O)c2cc3c(cc2C1=O)CN(CC(=O)N1CC2(CCCN(c4cc(F)c([C@@H]5c6[nH]c7ccccc7c6CCN5CC(F)F)c(F)c4)C2)C1)C3.O=CNC=O. The summed E-state index contributed by atoms with van der Waals surface area (Å²) < 4.78 is 60.0. The topological polar surface area (TPSA) is 129 Å². The molecule has 0 saturated carbocycles. The summed E-state index contributed by atoms with van der Waals surface area (Å²) in [7, 11) is 0. The van der Waals surface area contributed by atoms with Crippen LogP contribution in [0.2, 0.25) is 0 Å². The van der Waals surface area contributed by atoms with Gasteiger partial charge < -0.3 is 20.1 Å². The summed E-state index contributed by atoms with van der Waals surface area (Å²) in [5, 5.41) is 2.68. The average molecular weight is 844 g/mol. The highest BCUT2D eigenvalue weighted by atomic mass is 19.3. The van der Waals surface area contributed by atoms with E-state index < -0.39 is 30.6 Å². The van der Waals surface area contributed by atoms with Crippen molar-refractivity contribution >= 4 is 47.1 Å². The Labute approximate surface area is 350 Å². The van der Waals surface area contributed by atoms with Gasteiger partial charge in [0.1, 0.15) is 11.6 Å². The number of aromatic amines is 1. The summed E-state index contributed by atoms with van der Waals surface area (Å²) in [4.78, 5) is 70.0. The second-order valence-corrected chi connectivity index (χ2v) is 17.0. The first-order valence-electron chi connectivity index (χ1n) is 20.9. The monoisotopic (exact) mass is 843 g/mol. The van der Waals surface area contributed by atoms with Gasteiger partial charge in [0, 0.05) is 85.1 Å². The Kier molecular flexibility index (Phi) is 11.8. The van der Waals surface area contributed by atoms with E-state index in [1.165, 1.54) is 21.9 Å². The van der Waals surface area contributed by atoms with Gasteiger partial charge in [0.2, 0.25) is 18.7 Å². The zero-order valence-corrected chi connectivity index (χ0v) is 34.2. The number of carbonyl (C=O) groups excluding carboxylic acids is 5. The number of anilines is 1. The van der Waals surface area contributed by atoms with E-state index in [2.05, 4.69) is 4.98 Å². The number of likely N-dealkylation sites (tertiary alicyclic amines) is 1. The summed E-state index contributed by atoms with van der Waals surface area (Å²) in [6.45, 7) is 7.06. The second-order valence-electron chi connectivity index (χ2n) is 17.0. The molecule has 4 aromatic rings. The molecule has 12 nitrogen and oxygen atoms in total. The lowest BCUT2D eigenvalue weighted by atomic mass is 9.73. The summed E-state index contributed by atoms with van der Waals surface area (Å²) >= 11 is 0. The van der Waals surface area contributed by atoms with Crippen LogP contribution >= 0.6 is 0 Å². The number of amides is 5. The van der Waals surface area contributed by atoms with Crippen molar-refractivity contribution in [2.24, 2.45) is 5.41 Å². The van der Waals surface area contributed by atoms with E-state index >= 15 is 8.78 Å². The maximum Gasteiger partial charge on any atom is 0.261 e. The smallest absolute Gasteiger partial charge is 0.261 e. The highest BCUT2D eigenvalue weighted by Crippen LogP contribution is 2.44. The number of piperidine rings is 1. The Bertz CT molecular complexity index is 2310. The molecule has 6 heterocycles. The van der Waals surface area contributed by atoms with Gasteiger partial charge in [-0.2, -0.15) is 0 Å².